The highest BCUT2D eigenvalue weighted by Crippen LogP contribution is 2.40. The lowest BCUT2D eigenvalue weighted by atomic mass is 9.80. The van der Waals surface area contributed by atoms with Gasteiger partial charge < -0.3 is 14.8 Å². The molecule has 1 aromatic rings. The van der Waals surface area contributed by atoms with Gasteiger partial charge in [-0.05, 0) is 19.4 Å². The summed E-state index contributed by atoms with van der Waals surface area (Å²) in [5.74, 6) is -2.08. The van der Waals surface area contributed by atoms with Gasteiger partial charge in [-0.25, -0.2) is 9.59 Å². The fourth-order valence-electron chi connectivity index (χ4n) is 3.01. The molecule has 27 heavy (non-hydrogen) atoms. The average Bonchev–Trinajstić information content (AvgIpc) is 2.64. The first-order valence-electron chi connectivity index (χ1n) is 8.06. The number of nitrogens with zero attached hydrogens (tertiary/aromatic N) is 1. The van der Waals surface area contributed by atoms with E-state index in [1.54, 1.807) is 19.9 Å². The van der Waals surface area contributed by atoms with E-state index in [2.05, 4.69) is 21.2 Å². The molecule has 0 amide bonds. The Morgan fingerprint density at radius 3 is 2.41 bits per heavy atom. The fraction of sp³-hybridized carbons (Fsp3) is 0.333. The second-order valence-electron chi connectivity index (χ2n) is 5.80. The van der Waals surface area contributed by atoms with Crippen molar-refractivity contribution in [2.45, 2.75) is 19.8 Å². The van der Waals surface area contributed by atoms with E-state index in [1.165, 1.54) is 25.3 Å². The number of nitro groups is 1. The Hall–Kier alpha value is -2.68. The minimum Gasteiger partial charge on any atom is -0.466 e. The smallest absolute Gasteiger partial charge is 0.336 e. The number of benzene rings is 1. The lowest BCUT2D eigenvalue weighted by molar-refractivity contribution is -0.384. The van der Waals surface area contributed by atoms with Crippen LogP contribution in [0.25, 0.3) is 0 Å². The first-order valence-corrected chi connectivity index (χ1v) is 9.18. The highest BCUT2D eigenvalue weighted by Gasteiger charge is 2.38. The van der Waals surface area contributed by atoms with Crippen LogP contribution in [-0.4, -0.2) is 35.9 Å². The van der Waals surface area contributed by atoms with Crippen molar-refractivity contribution in [3.63, 3.8) is 0 Å². The van der Waals surface area contributed by atoms with E-state index >= 15 is 0 Å². The number of hydrogen-bond donors (Lipinski definition) is 1. The third kappa shape index (κ3) is 4.36. The number of ether oxygens (including phenoxy) is 2. The largest absolute Gasteiger partial charge is 0.466 e. The number of hydrogen-bond acceptors (Lipinski definition) is 7. The number of rotatable bonds is 6. The van der Waals surface area contributed by atoms with E-state index in [4.69, 9.17) is 9.47 Å². The van der Waals surface area contributed by atoms with Crippen LogP contribution in [0.3, 0.4) is 0 Å². The highest BCUT2D eigenvalue weighted by molar-refractivity contribution is 9.09. The lowest BCUT2D eigenvalue weighted by Gasteiger charge is -2.30. The van der Waals surface area contributed by atoms with E-state index in [0.717, 1.165) is 0 Å². The summed E-state index contributed by atoms with van der Waals surface area (Å²) in [6.07, 6.45) is 0. The summed E-state index contributed by atoms with van der Waals surface area (Å²) in [7, 11) is 1.24. The molecule has 1 aliphatic rings. The van der Waals surface area contributed by atoms with Crippen LogP contribution in [0.15, 0.2) is 46.8 Å². The van der Waals surface area contributed by atoms with Gasteiger partial charge in [-0.3, -0.25) is 10.1 Å². The number of carbonyl (C=O) groups excluding carboxylic acids is 2. The SMILES string of the molecule is COC(=O)C1=C(C)NC(C)=C(C(=O)OCCBr)[C@H]1c1cccc([N+](=O)[O-])c1. The lowest BCUT2D eigenvalue weighted by Crippen LogP contribution is -2.32. The Labute approximate surface area is 164 Å². The van der Waals surface area contributed by atoms with E-state index in [0.29, 0.717) is 22.3 Å². The molecular weight excluding hydrogens is 420 g/mol. The van der Waals surface area contributed by atoms with Crippen molar-refractivity contribution in [1.82, 2.24) is 5.32 Å². The molecule has 0 fully saturated rings. The number of halogens is 1. The zero-order valence-corrected chi connectivity index (χ0v) is 16.7. The van der Waals surface area contributed by atoms with Crippen molar-refractivity contribution >= 4 is 33.6 Å². The van der Waals surface area contributed by atoms with Crippen molar-refractivity contribution in [3.05, 3.63) is 62.5 Å². The summed E-state index contributed by atoms with van der Waals surface area (Å²) >= 11 is 3.19. The van der Waals surface area contributed by atoms with Gasteiger partial charge >= 0.3 is 11.9 Å². The number of methoxy groups -OCH3 is 1. The van der Waals surface area contributed by atoms with Crippen LogP contribution in [0.2, 0.25) is 0 Å². The van der Waals surface area contributed by atoms with Crippen molar-refractivity contribution in [2.75, 3.05) is 19.0 Å². The van der Waals surface area contributed by atoms with Gasteiger partial charge in [0.05, 0.1) is 29.1 Å². The van der Waals surface area contributed by atoms with Gasteiger partial charge in [0.15, 0.2) is 0 Å². The Kier molecular flexibility index (Phi) is 6.73. The van der Waals surface area contributed by atoms with Crippen LogP contribution < -0.4 is 5.32 Å². The quantitative estimate of drug-likeness (QED) is 0.314. The molecule has 0 aliphatic carbocycles. The summed E-state index contributed by atoms with van der Waals surface area (Å²) in [6.45, 7) is 3.51. The average molecular weight is 439 g/mol. The van der Waals surface area contributed by atoms with Gasteiger partial charge in [0.1, 0.15) is 6.61 Å². The van der Waals surface area contributed by atoms with E-state index in [1.807, 2.05) is 0 Å². The number of allylic oxidation sites excluding steroid dienone is 2. The molecule has 1 N–H and O–H groups in total. The Bertz CT molecular complexity index is 846. The van der Waals surface area contributed by atoms with Crippen molar-refractivity contribution in [3.8, 4) is 0 Å². The Morgan fingerprint density at radius 2 is 1.85 bits per heavy atom. The second kappa shape index (κ2) is 8.81. The predicted molar refractivity (Wildman–Crippen MR) is 101 cm³/mol. The number of nitrogens with one attached hydrogen (secondary N) is 1. The maximum absolute atomic E-state index is 12.7. The minimum absolute atomic E-state index is 0.140. The topological polar surface area (TPSA) is 108 Å². The standard InChI is InChI=1S/C18H19BrN2O6/c1-10-14(17(22)26-3)16(12-5-4-6-13(9-12)21(24)25)15(11(2)20-10)18(23)27-8-7-19/h4-6,9,16,20H,7-8H2,1-3H3/t16-/m0/s1. The molecule has 1 aromatic carbocycles. The molecule has 0 saturated carbocycles. The van der Waals surface area contributed by atoms with Crippen molar-refractivity contribution < 1.29 is 24.0 Å². The minimum atomic E-state index is -0.846. The van der Waals surface area contributed by atoms with Gasteiger partial charge in [0.2, 0.25) is 0 Å². The van der Waals surface area contributed by atoms with Crippen molar-refractivity contribution in [2.24, 2.45) is 0 Å². The summed E-state index contributed by atoms with van der Waals surface area (Å²) < 4.78 is 10.1. The molecule has 2 rings (SSSR count). The zero-order valence-electron chi connectivity index (χ0n) is 15.1. The number of carbonyl (C=O) groups is 2. The molecule has 0 saturated heterocycles. The third-order valence-electron chi connectivity index (χ3n) is 4.11. The molecule has 8 nitrogen and oxygen atoms in total. The van der Waals surface area contributed by atoms with Crippen molar-refractivity contribution in [1.29, 1.82) is 0 Å². The van der Waals surface area contributed by atoms with Crippen LogP contribution in [-0.2, 0) is 19.1 Å². The molecule has 0 bridgehead atoms. The molecule has 9 heteroatoms. The predicted octanol–water partition coefficient (Wildman–Crippen LogP) is 2.94. The molecule has 0 radical (unpaired) electrons. The van der Waals surface area contributed by atoms with Crippen LogP contribution in [0, 0.1) is 10.1 Å². The molecule has 0 unspecified atom stereocenters. The maximum Gasteiger partial charge on any atom is 0.336 e. The second-order valence-corrected chi connectivity index (χ2v) is 6.60. The highest BCUT2D eigenvalue weighted by atomic mass is 79.9. The van der Waals surface area contributed by atoms with Crippen LogP contribution in [0.4, 0.5) is 5.69 Å². The monoisotopic (exact) mass is 438 g/mol. The summed E-state index contributed by atoms with van der Waals surface area (Å²) in [5.41, 5.74) is 1.72. The van der Waals surface area contributed by atoms with Crippen LogP contribution in [0.1, 0.15) is 25.3 Å². The fourth-order valence-corrected chi connectivity index (χ4v) is 3.17. The van der Waals surface area contributed by atoms with E-state index in [9.17, 15) is 19.7 Å². The van der Waals surface area contributed by atoms with Crippen LogP contribution >= 0.6 is 15.9 Å². The number of dihydropyridines is 1. The normalized spacial score (nSPS) is 16.7. The van der Waals surface area contributed by atoms with E-state index in [-0.39, 0.29) is 23.4 Å². The first kappa shape index (κ1) is 20.6. The number of non-ortho nitro benzene ring substituents is 1. The molecule has 1 atom stereocenters. The molecule has 1 aliphatic heterocycles. The molecule has 0 spiro atoms. The van der Waals surface area contributed by atoms with Crippen LogP contribution in [0.5, 0.6) is 0 Å². The van der Waals surface area contributed by atoms with Gasteiger partial charge in [0.25, 0.3) is 5.69 Å². The summed E-state index contributed by atoms with van der Waals surface area (Å²) in [5, 5.41) is 14.6. The van der Waals surface area contributed by atoms with Gasteiger partial charge in [-0.2, -0.15) is 0 Å². The van der Waals surface area contributed by atoms with Gasteiger partial charge in [-0.1, -0.05) is 28.1 Å². The number of alkyl halides is 1. The molecule has 144 valence electrons. The number of nitro benzene ring substituents is 1. The maximum atomic E-state index is 12.7. The summed E-state index contributed by atoms with van der Waals surface area (Å²) in [4.78, 5) is 35.8. The van der Waals surface area contributed by atoms with Gasteiger partial charge in [0, 0.05) is 28.9 Å². The Balaban J connectivity index is 2.65. The van der Waals surface area contributed by atoms with E-state index < -0.39 is 22.8 Å². The molecular formula is C18H19BrN2O6. The third-order valence-corrected chi connectivity index (χ3v) is 4.43. The zero-order chi connectivity index (χ0) is 20.1. The summed E-state index contributed by atoms with van der Waals surface area (Å²) in [6, 6.07) is 5.83. The number of esters is 2. The molecule has 1 heterocycles. The Morgan fingerprint density at radius 1 is 1.22 bits per heavy atom. The first-order chi connectivity index (χ1) is 12.8. The van der Waals surface area contributed by atoms with Gasteiger partial charge in [-0.15, -0.1) is 0 Å². The molecule has 0 aromatic heterocycles.